The van der Waals surface area contributed by atoms with Crippen LogP contribution in [0.15, 0.2) is 35.5 Å². The molecule has 5 nitrogen and oxygen atoms in total. The van der Waals surface area contributed by atoms with Crippen LogP contribution in [0, 0.1) is 17.2 Å². The number of nitrogens with one attached hydrogen (secondary N) is 1. The molecule has 0 aliphatic carbocycles. The maximum Gasteiger partial charge on any atom is 0.336 e. The molecule has 2 atom stereocenters. The first kappa shape index (κ1) is 16.1. The number of benzene rings is 1. The molecular weight excluding hydrogens is 304 g/mol. The molecule has 0 fully saturated rings. The van der Waals surface area contributed by atoms with E-state index in [-0.39, 0.29) is 6.61 Å². The Kier molecular flexibility index (Phi) is 4.84. The number of nitriles is 1. The number of esters is 1. The van der Waals surface area contributed by atoms with Gasteiger partial charge in [0.2, 0.25) is 5.91 Å². The first-order chi connectivity index (χ1) is 10.5. The minimum atomic E-state index is -0.996. The minimum absolute atomic E-state index is 0.216. The van der Waals surface area contributed by atoms with Gasteiger partial charge < -0.3 is 10.1 Å². The van der Waals surface area contributed by atoms with Crippen LogP contribution in [0.5, 0.6) is 0 Å². The quantitative estimate of drug-likeness (QED) is 0.869. The second-order valence-electron chi connectivity index (χ2n) is 4.88. The van der Waals surface area contributed by atoms with Crippen LogP contribution in [0.2, 0.25) is 5.02 Å². The van der Waals surface area contributed by atoms with Crippen molar-refractivity contribution in [1.82, 2.24) is 5.32 Å². The van der Waals surface area contributed by atoms with Crippen LogP contribution in [0.4, 0.5) is 0 Å². The Labute approximate surface area is 133 Å². The van der Waals surface area contributed by atoms with Crippen LogP contribution < -0.4 is 5.32 Å². The van der Waals surface area contributed by atoms with E-state index >= 15 is 0 Å². The van der Waals surface area contributed by atoms with Crippen molar-refractivity contribution in [2.45, 2.75) is 19.8 Å². The van der Waals surface area contributed by atoms with Gasteiger partial charge in [-0.3, -0.25) is 4.79 Å². The van der Waals surface area contributed by atoms with E-state index in [1.165, 1.54) is 0 Å². The molecule has 1 aromatic carbocycles. The van der Waals surface area contributed by atoms with Crippen molar-refractivity contribution in [2.75, 3.05) is 6.61 Å². The largest absolute Gasteiger partial charge is 0.463 e. The maximum absolute atomic E-state index is 12.3. The Balaban J connectivity index is 2.57. The summed E-state index contributed by atoms with van der Waals surface area (Å²) in [4.78, 5) is 24.3. The maximum atomic E-state index is 12.3. The average molecular weight is 319 g/mol. The summed E-state index contributed by atoms with van der Waals surface area (Å²) in [5.74, 6) is -2.62. The molecular formula is C16H15ClN2O3. The number of allylic oxidation sites excluding steroid dienone is 1. The van der Waals surface area contributed by atoms with Gasteiger partial charge in [0.25, 0.3) is 0 Å². The molecule has 0 radical (unpaired) electrons. The smallest absolute Gasteiger partial charge is 0.336 e. The number of halogens is 1. The van der Waals surface area contributed by atoms with Crippen molar-refractivity contribution in [3.63, 3.8) is 0 Å². The third kappa shape index (κ3) is 2.97. The van der Waals surface area contributed by atoms with Crippen molar-refractivity contribution in [2.24, 2.45) is 5.92 Å². The monoisotopic (exact) mass is 318 g/mol. The molecule has 6 heteroatoms. The van der Waals surface area contributed by atoms with Gasteiger partial charge in [0.1, 0.15) is 5.92 Å². The van der Waals surface area contributed by atoms with Crippen LogP contribution in [-0.4, -0.2) is 18.5 Å². The van der Waals surface area contributed by atoms with Gasteiger partial charge in [0.15, 0.2) is 0 Å². The Bertz CT molecular complexity index is 674. The molecule has 1 aliphatic rings. The molecule has 114 valence electrons. The molecule has 0 saturated heterocycles. The summed E-state index contributed by atoms with van der Waals surface area (Å²) in [5.41, 5.74) is 1.39. The lowest BCUT2D eigenvalue weighted by Crippen LogP contribution is -2.41. The van der Waals surface area contributed by atoms with Gasteiger partial charge in [-0.05, 0) is 31.5 Å². The van der Waals surface area contributed by atoms with E-state index < -0.39 is 23.7 Å². The molecule has 2 unspecified atom stereocenters. The normalized spacial score (nSPS) is 21.1. The summed E-state index contributed by atoms with van der Waals surface area (Å²) >= 11 is 5.88. The molecule has 2 rings (SSSR count). The lowest BCUT2D eigenvalue weighted by atomic mass is 9.77. The van der Waals surface area contributed by atoms with E-state index in [1.54, 1.807) is 38.1 Å². The molecule has 0 aromatic heterocycles. The number of carbonyl (C=O) groups is 2. The third-order valence-electron chi connectivity index (χ3n) is 3.51. The summed E-state index contributed by atoms with van der Waals surface area (Å²) in [6.07, 6.45) is 0. The lowest BCUT2D eigenvalue weighted by Gasteiger charge is -2.30. The van der Waals surface area contributed by atoms with Crippen LogP contribution in [-0.2, 0) is 14.3 Å². The molecule has 1 aliphatic heterocycles. The van der Waals surface area contributed by atoms with Gasteiger partial charge in [0, 0.05) is 16.6 Å². The predicted octanol–water partition coefficient (Wildman–Crippen LogP) is 2.53. The lowest BCUT2D eigenvalue weighted by molar-refractivity contribution is -0.139. The molecule has 1 aromatic rings. The van der Waals surface area contributed by atoms with E-state index in [4.69, 9.17) is 16.3 Å². The van der Waals surface area contributed by atoms with E-state index in [0.717, 1.165) is 0 Å². The number of hydrogen-bond donors (Lipinski definition) is 1. The fourth-order valence-electron chi connectivity index (χ4n) is 2.53. The highest BCUT2D eigenvalue weighted by Gasteiger charge is 2.41. The van der Waals surface area contributed by atoms with Crippen LogP contribution in [0.3, 0.4) is 0 Å². The Morgan fingerprint density at radius 1 is 1.41 bits per heavy atom. The van der Waals surface area contributed by atoms with E-state index in [9.17, 15) is 14.9 Å². The highest BCUT2D eigenvalue weighted by atomic mass is 35.5. The highest BCUT2D eigenvalue weighted by Crippen LogP contribution is 2.37. The topological polar surface area (TPSA) is 79.2 Å². The zero-order valence-electron chi connectivity index (χ0n) is 12.2. The molecule has 0 bridgehead atoms. The Hall–Kier alpha value is -2.32. The third-order valence-corrected chi connectivity index (χ3v) is 3.76. The standard InChI is InChI=1S/C16H15ClN2O3/c1-3-22-16(21)13-9(2)19-15(20)12(8-18)14(13)10-4-6-11(17)7-5-10/h4-7,12,14H,3H2,1-2H3,(H,19,20). The molecule has 0 spiro atoms. The fourth-order valence-corrected chi connectivity index (χ4v) is 2.66. The summed E-state index contributed by atoms with van der Waals surface area (Å²) in [7, 11) is 0. The van der Waals surface area contributed by atoms with Crippen LogP contribution in [0.25, 0.3) is 0 Å². The first-order valence-electron chi connectivity index (χ1n) is 6.83. The zero-order chi connectivity index (χ0) is 16.3. The molecule has 1 N–H and O–H groups in total. The number of rotatable bonds is 3. The van der Waals surface area contributed by atoms with Crippen molar-refractivity contribution >= 4 is 23.5 Å². The number of carbonyl (C=O) groups excluding carboxylic acids is 2. The minimum Gasteiger partial charge on any atom is -0.463 e. The summed E-state index contributed by atoms with van der Waals surface area (Å²) in [6, 6.07) is 8.72. The number of ether oxygens (including phenoxy) is 1. The van der Waals surface area contributed by atoms with Crippen LogP contribution >= 0.6 is 11.6 Å². The van der Waals surface area contributed by atoms with Crippen LogP contribution in [0.1, 0.15) is 25.3 Å². The first-order valence-corrected chi connectivity index (χ1v) is 7.21. The van der Waals surface area contributed by atoms with Gasteiger partial charge in [-0.1, -0.05) is 23.7 Å². The molecule has 0 saturated carbocycles. The average Bonchev–Trinajstić information content (AvgIpc) is 2.47. The molecule has 1 heterocycles. The van der Waals surface area contributed by atoms with Gasteiger partial charge >= 0.3 is 5.97 Å². The Morgan fingerprint density at radius 2 is 2.05 bits per heavy atom. The summed E-state index contributed by atoms with van der Waals surface area (Å²) in [6.45, 7) is 3.54. The van der Waals surface area contributed by atoms with Gasteiger partial charge in [-0.25, -0.2) is 4.79 Å². The SMILES string of the molecule is CCOC(=O)C1=C(C)NC(=O)C(C#N)C1c1ccc(Cl)cc1. The molecule has 22 heavy (non-hydrogen) atoms. The summed E-state index contributed by atoms with van der Waals surface area (Å²) in [5, 5.41) is 12.5. The van der Waals surface area contributed by atoms with Gasteiger partial charge in [-0.2, -0.15) is 5.26 Å². The van der Waals surface area contributed by atoms with E-state index in [0.29, 0.717) is 21.9 Å². The number of amides is 1. The zero-order valence-corrected chi connectivity index (χ0v) is 13.0. The highest BCUT2D eigenvalue weighted by molar-refractivity contribution is 6.30. The van der Waals surface area contributed by atoms with Gasteiger partial charge in [-0.15, -0.1) is 0 Å². The van der Waals surface area contributed by atoms with Crippen molar-refractivity contribution < 1.29 is 14.3 Å². The number of nitrogens with zero attached hydrogens (tertiary/aromatic N) is 1. The van der Waals surface area contributed by atoms with Crippen molar-refractivity contribution in [1.29, 1.82) is 5.26 Å². The fraction of sp³-hybridized carbons (Fsp3) is 0.312. The van der Waals surface area contributed by atoms with Crippen molar-refractivity contribution in [3.05, 3.63) is 46.1 Å². The van der Waals surface area contributed by atoms with Gasteiger partial charge in [0.05, 0.1) is 18.2 Å². The van der Waals surface area contributed by atoms with E-state index in [2.05, 4.69) is 5.32 Å². The Morgan fingerprint density at radius 3 is 2.59 bits per heavy atom. The molecule has 1 amide bonds. The second-order valence-corrected chi connectivity index (χ2v) is 5.32. The van der Waals surface area contributed by atoms with Crippen molar-refractivity contribution in [3.8, 4) is 6.07 Å². The predicted molar refractivity (Wildman–Crippen MR) is 80.8 cm³/mol. The number of hydrogen-bond acceptors (Lipinski definition) is 4. The van der Waals surface area contributed by atoms with E-state index in [1.807, 2.05) is 6.07 Å². The summed E-state index contributed by atoms with van der Waals surface area (Å²) < 4.78 is 5.07. The second kappa shape index (κ2) is 6.63.